The van der Waals surface area contributed by atoms with Crippen molar-refractivity contribution in [2.24, 2.45) is 0 Å². The Hall–Kier alpha value is -3.15. The number of hydrogen-bond donors (Lipinski definition) is 3. The topological polar surface area (TPSA) is 95.5 Å². The van der Waals surface area contributed by atoms with Gasteiger partial charge in [0.2, 0.25) is 0 Å². The lowest BCUT2D eigenvalue weighted by molar-refractivity contribution is 0.0961. The SMILES string of the molecule is CC(=O)c1ccc(C(=O)NC(=O)NCCc2ccc(O)cc2)cc1. The van der Waals surface area contributed by atoms with E-state index >= 15 is 0 Å². The number of aromatic hydroxyl groups is 1. The Kier molecular flexibility index (Phi) is 5.68. The summed E-state index contributed by atoms with van der Waals surface area (Å²) < 4.78 is 0. The third-order valence-corrected chi connectivity index (χ3v) is 3.42. The summed E-state index contributed by atoms with van der Waals surface area (Å²) in [6, 6.07) is 12.2. The first-order valence-corrected chi connectivity index (χ1v) is 7.44. The molecule has 0 aliphatic rings. The number of carbonyl (C=O) groups excluding carboxylic acids is 3. The normalized spacial score (nSPS) is 10.0. The molecule has 0 unspecified atom stereocenters. The van der Waals surface area contributed by atoms with E-state index in [2.05, 4.69) is 10.6 Å². The van der Waals surface area contributed by atoms with Crippen LogP contribution in [-0.4, -0.2) is 29.4 Å². The van der Waals surface area contributed by atoms with Crippen LogP contribution in [0.4, 0.5) is 4.79 Å². The Bertz CT molecular complexity index is 737. The standard InChI is InChI=1S/C18H18N2O4/c1-12(21)14-4-6-15(7-5-14)17(23)20-18(24)19-11-10-13-2-8-16(22)9-3-13/h2-9,22H,10-11H2,1H3,(H2,19,20,23,24). The number of ketones is 1. The van der Waals surface area contributed by atoms with Gasteiger partial charge in [0, 0.05) is 17.7 Å². The lowest BCUT2D eigenvalue weighted by Crippen LogP contribution is -2.40. The molecule has 3 amide bonds. The van der Waals surface area contributed by atoms with Crippen LogP contribution in [0.1, 0.15) is 33.2 Å². The fourth-order valence-corrected chi connectivity index (χ4v) is 2.06. The van der Waals surface area contributed by atoms with Gasteiger partial charge in [-0.25, -0.2) is 4.79 Å². The van der Waals surface area contributed by atoms with E-state index in [1.54, 1.807) is 36.4 Å². The van der Waals surface area contributed by atoms with Gasteiger partial charge in [-0.1, -0.05) is 24.3 Å². The second-order valence-corrected chi connectivity index (χ2v) is 5.26. The minimum absolute atomic E-state index is 0.0890. The molecular weight excluding hydrogens is 308 g/mol. The fourth-order valence-electron chi connectivity index (χ4n) is 2.06. The number of carbonyl (C=O) groups is 3. The van der Waals surface area contributed by atoms with E-state index < -0.39 is 11.9 Å². The number of urea groups is 1. The molecule has 3 N–H and O–H groups in total. The van der Waals surface area contributed by atoms with Crippen molar-refractivity contribution in [1.82, 2.24) is 10.6 Å². The lowest BCUT2D eigenvalue weighted by Gasteiger charge is -2.07. The molecule has 6 heteroatoms. The number of phenols is 1. The highest BCUT2D eigenvalue weighted by Gasteiger charge is 2.10. The van der Waals surface area contributed by atoms with Crippen molar-refractivity contribution in [1.29, 1.82) is 0 Å². The second kappa shape index (κ2) is 7.92. The summed E-state index contributed by atoms with van der Waals surface area (Å²) in [5.74, 6) is -0.438. The lowest BCUT2D eigenvalue weighted by atomic mass is 10.1. The van der Waals surface area contributed by atoms with E-state index in [0.717, 1.165) is 5.56 Å². The van der Waals surface area contributed by atoms with Gasteiger partial charge in [0.1, 0.15) is 5.75 Å². The molecule has 0 radical (unpaired) electrons. The summed E-state index contributed by atoms with van der Waals surface area (Å²) in [7, 11) is 0. The zero-order chi connectivity index (χ0) is 17.5. The number of imide groups is 1. The zero-order valence-electron chi connectivity index (χ0n) is 13.2. The average molecular weight is 326 g/mol. The Morgan fingerprint density at radius 2 is 1.50 bits per heavy atom. The summed E-state index contributed by atoms with van der Waals surface area (Å²) in [5.41, 5.74) is 1.76. The Morgan fingerprint density at radius 1 is 0.917 bits per heavy atom. The molecule has 0 saturated carbocycles. The molecule has 0 spiro atoms. The van der Waals surface area contributed by atoms with Crippen molar-refractivity contribution in [2.45, 2.75) is 13.3 Å². The summed E-state index contributed by atoms with van der Waals surface area (Å²) in [6.07, 6.45) is 0.579. The molecule has 24 heavy (non-hydrogen) atoms. The number of amides is 3. The van der Waals surface area contributed by atoms with E-state index in [9.17, 15) is 19.5 Å². The Labute approximate surface area is 139 Å². The molecule has 0 aliphatic heterocycles. The third-order valence-electron chi connectivity index (χ3n) is 3.42. The molecule has 0 aromatic heterocycles. The summed E-state index contributed by atoms with van der Waals surface area (Å²) in [5, 5.41) is 14.0. The molecule has 2 aromatic rings. The predicted molar refractivity (Wildman–Crippen MR) is 89.1 cm³/mol. The van der Waals surface area contributed by atoms with Gasteiger partial charge < -0.3 is 10.4 Å². The van der Waals surface area contributed by atoms with Gasteiger partial charge in [-0.2, -0.15) is 0 Å². The molecule has 0 aliphatic carbocycles. The van der Waals surface area contributed by atoms with Gasteiger partial charge in [0.05, 0.1) is 0 Å². The predicted octanol–water partition coefficient (Wildman–Crippen LogP) is 2.28. The van der Waals surface area contributed by atoms with Crippen LogP contribution in [-0.2, 0) is 6.42 Å². The molecule has 0 bridgehead atoms. The van der Waals surface area contributed by atoms with Gasteiger partial charge in [-0.05, 0) is 43.2 Å². The van der Waals surface area contributed by atoms with Crippen LogP contribution in [0.3, 0.4) is 0 Å². The molecule has 0 fully saturated rings. The molecule has 2 rings (SSSR count). The number of Topliss-reactive ketones (excluding diaryl/α,β-unsaturated/α-hetero) is 1. The van der Waals surface area contributed by atoms with E-state index in [4.69, 9.17) is 0 Å². The zero-order valence-corrected chi connectivity index (χ0v) is 13.2. The van der Waals surface area contributed by atoms with E-state index in [1.807, 2.05) is 0 Å². The first-order chi connectivity index (χ1) is 11.5. The van der Waals surface area contributed by atoms with Crippen molar-refractivity contribution in [2.75, 3.05) is 6.54 Å². The molecular formula is C18H18N2O4. The molecule has 0 saturated heterocycles. The van der Waals surface area contributed by atoms with Crippen LogP contribution in [0.2, 0.25) is 0 Å². The van der Waals surface area contributed by atoms with Gasteiger partial charge in [-0.3, -0.25) is 14.9 Å². The highest BCUT2D eigenvalue weighted by Crippen LogP contribution is 2.09. The quantitative estimate of drug-likeness (QED) is 0.735. The minimum Gasteiger partial charge on any atom is -0.508 e. The first kappa shape index (κ1) is 17.2. The molecule has 2 aromatic carbocycles. The molecule has 0 atom stereocenters. The summed E-state index contributed by atoms with van der Waals surface area (Å²) in [4.78, 5) is 34.8. The van der Waals surface area contributed by atoms with Crippen molar-refractivity contribution in [3.63, 3.8) is 0 Å². The fraction of sp³-hybridized carbons (Fsp3) is 0.167. The van der Waals surface area contributed by atoms with Crippen LogP contribution in [0.5, 0.6) is 5.75 Å². The van der Waals surface area contributed by atoms with Gasteiger partial charge >= 0.3 is 6.03 Å². The molecule has 6 nitrogen and oxygen atoms in total. The van der Waals surface area contributed by atoms with Gasteiger partial charge in [0.25, 0.3) is 5.91 Å². The van der Waals surface area contributed by atoms with Crippen molar-refractivity contribution < 1.29 is 19.5 Å². The van der Waals surface area contributed by atoms with Crippen molar-refractivity contribution >= 4 is 17.7 Å². The van der Waals surface area contributed by atoms with Crippen molar-refractivity contribution in [3.05, 3.63) is 65.2 Å². The maximum Gasteiger partial charge on any atom is 0.321 e. The number of phenolic OH excluding ortho intramolecular Hbond substituents is 1. The minimum atomic E-state index is -0.588. The van der Waals surface area contributed by atoms with E-state index in [-0.39, 0.29) is 11.5 Å². The van der Waals surface area contributed by atoms with Crippen LogP contribution in [0.15, 0.2) is 48.5 Å². The highest BCUT2D eigenvalue weighted by atomic mass is 16.3. The number of rotatable bonds is 5. The summed E-state index contributed by atoms with van der Waals surface area (Å²) >= 11 is 0. The number of benzene rings is 2. The van der Waals surface area contributed by atoms with Gasteiger partial charge in [0.15, 0.2) is 5.78 Å². The van der Waals surface area contributed by atoms with E-state index in [1.165, 1.54) is 19.1 Å². The monoisotopic (exact) mass is 326 g/mol. The molecule has 0 heterocycles. The maximum absolute atomic E-state index is 11.9. The average Bonchev–Trinajstić information content (AvgIpc) is 2.56. The first-order valence-electron chi connectivity index (χ1n) is 7.44. The summed E-state index contributed by atoms with van der Waals surface area (Å²) in [6.45, 7) is 1.80. The largest absolute Gasteiger partial charge is 0.508 e. The molecule has 124 valence electrons. The van der Waals surface area contributed by atoms with Crippen LogP contribution in [0, 0.1) is 0 Å². The van der Waals surface area contributed by atoms with Crippen LogP contribution in [0.25, 0.3) is 0 Å². The second-order valence-electron chi connectivity index (χ2n) is 5.26. The van der Waals surface area contributed by atoms with Crippen molar-refractivity contribution in [3.8, 4) is 5.75 Å². The third kappa shape index (κ3) is 4.95. The smallest absolute Gasteiger partial charge is 0.321 e. The van der Waals surface area contributed by atoms with Crippen LogP contribution >= 0.6 is 0 Å². The Balaban J connectivity index is 1.79. The highest BCUT2D eigenvalue weighted by molar-refractivity contribution is 6.04. The Morgan fingerprint density at radius 3 is 2.08 bits per heavy atom. The maximum atomic E-state index is 11.9. The van der Waals surface area contributed by atoms with Gasteiger partial charge in [-0.15, -0.1) is 0 Å². The number of nitrogens with one attached hydrogen (secondary N) is 2. The van der Waals surface area contributed by atoms with E-state index in [0.29, 0.717) is 24.1 Å². The van der Waals surface area contributed by atoms with Crippen LogP contribution < -0.4 is 10.6 Å². The number of hydrogen-bond acceptors (Lipinski definition) is 4.